The van der Waals surface area contributed by atoms with Gasteiger partial charge in [0.2, 0.25) is 5.95 Å². The van der Waals surface area contributed by atoms with E-state index in [1.807, 2.05) is 56.2 Å². The summed E-state index contributed by atoms with van der Waals surface area (Å²) >= 11 is 0. The van der Waals surface area contributed by atoms with Crippen molar-refractivity contribution in [2.45, 2.75) is 129 Å². The van der Waals surface area contributed by atoms with Gasteiger partial charge in [-0.15, -0.1) is 0 Å². The number of amides is 2. The number of rotatable bonds is 12. The van der Waals surface area contributed by atoms with E-state index in [0.29, 0.717) is 69.9 Å². The first-order valence-electron chi connectivity index (χ1n) is 18.6. The molecule has 0 aromatic carbocycles. The van der Waals surface area contributed by atoms with Gasteiger partial charge in [0.1, 0.15) is 22.8 Å². The first-order valence-corrected chi connectivity index (χ1v) is 18.6. The molecule has 1 aromatic rings. The minimum Gasteiger partial charge on any atom is -0.480 e. The fraction of sp³-hybridized carbons (Fsp3) is 0.806. The minimum absolute atomic E-state index is 0.0391. The van der Waals surface area contributed by atoms with Crippen LogP contribution < -0.4 is 16.0 Å². The molecule has 1 aromatic heterocycles. The van der Waals surface area contributed by atoms with E-state index in [1.165, 1.54) is 6.42 Å². The van der Waals surface area contributed by atoms with Gasteiger partial charge in [-0.2, -0.15) is 9.97 Å². The van der Waals surface area contributed by atoms with Crippen LogP contribution in [-0.2, 0) is 14.3 Å². The van der Waals surface area contributed by atoms with Gasteiger partial charge in [-0.1, -0.05) is 19.3 Å². The van der Waals surface area contributed by atoms with E-state index in [4.69, 9.17) is 25.3 Å². The summed E-state index contributed by atoms with van der Waals surface area (Å²) in [6.45, 7) is 15.8. The van der Waals surface area contributed by atoms with E-state index in [2.05, 4.69) is 15.2 Å². The molecule has 2 saturated carbocycles. The van der Waals surface area contributed by atoms with Crippen molar-refractivity contribution in [3.63, 3.8) is 0 Å². The van der Waals surface area contributed by atoms with Gasteiger partial charge in [-0.25, -0.2) is 9.59 Å². The molecule has 4 N–H and O–H groups in total. The molecule has 0 atom stereocenters. The minimum atomic E-state index is -0.820. The number of carboxylic acids is 1. The van der Waals surface area contributed by atoms with E-state index >= 15 is 0 Å². The van der Waals surface area contributed by atoms with Crippen LogP contribution in [0.25, 0.3) is 0 Å². The summed E-state index contributed by atoms with van der Waals surface area (Å²) in [6, 6.07) is 1.99. The number of aliphatic carboxylic acids is 1. The highest BCUT2D eigenvalue weighted by Gasteiger charge is 2.34. The molecule has 14 heteroatoms. The number of aromatic nitrogens is 2. The maximum Gasteiger partial charge on any atom is 0.410 e. The zero-order valence-corrected chi connectivity index (χ0v) is 31.3. The van der Waals surface area contributed by atoms with Crippen LogP contribution in [0.3, 0.4) is 0 Å². The second-order valence-electron chi connectivity index (χ2n) is 16.2. The number of piperazine rings is 1. The largest absolute Gasteiger partial charge is 0.480 e. The number of carbonyl (C=O) groups is 3. The number of ether oxygens (including phenoxy) is 2. The molecule has 0 radical (unpaired) electrons. The highest BCUT2D eigenvalue weighted by molar-refractivity contribution is 5.70. The zero-order valence-electron chi connectivity index (χ0n) is 31.3. The number of hydrogen-bond acceptors (Lipinski definition) is 11. The number of nitrogen functional groups attached to an aromatic ring is 1. The summed E-state index contributed by atoms with van der Waals surface area (Å²) in [6.07, 6.45) is 9.07. The number of hydrogen-bond donors (Lipinski definition) is 3. The number of carbonyl (C=O) groups excluding carboxylic acids is 2. The van der Waals surface area contributed by atoms with Gasteiger partial charge in [-0.3, -0.25) is 9.69 Å². The van der Waals surface area contributed by atoms with E-state index in [-0.39, 0.29) is 30.8 Å². The number of nitrogens with two attached hydrogens (primary N) is 1. The van der Waals surface area contributed by atoms with Crippen molar-refractivity contribution in [1.29, 1.82) is 0 Å². The van der Waals surface area contributed by atoms with Crippen LogP contribution >= 0.6 is 0 Å². The lowest BCUT2D eigenvalue weighted by Gasteiger charge is -2.39. The molecule has 1 aliphatic heterocycles. The molecule has 14 nitrogen and oxygen atoms in total. The van der Waals surface area contributed by atoms with Gasteiger partial charge in [0.15, 0.2) is 0 Å². The van der Waals surface area contributed by atoms with Crippen molar-refractivity contribution in [2.24, 2.45) is 5.92 Å². The summed E-state index contributed by atoms with van der Waals surface area (Å²) in [5.41, 5.74) is 4.98. The van der Waals surface area contributed by atoms with Crippen LogP contribution in [0.1, 0.15) is 106 Å². The highest BCUT2D eigenvalue weighted by atomic mass is 16.6. The van der Waals surface area contributed by atoms with Crippen LogP contribution in [0.2, 0.25) is 0 Å². The molecule has 2 heterocycles. The Labute approximate surface area is 298 Å². The average Bonchev–Trinajstić information content (AvgIpc) is 3.03. The molecular formula is C36H62N8O6. The molecule has 2 aliphatic carbocycles. The van der Waals surface area contributed by atoms with E-state index in [0.717, 1.165) is 57.2 Å². The topological polar surface area (TPSA) is 167 Å². The molecule has 3 aliphatic rings. The lowest BCUT2D eigenvalue weighted by molar-refractivity contribution is -0.138. The van der Waals surface area contributed by atoms with Crippen LogP contribution in [0.4, 0.5) is 27.2 Å². The quantitative estimate of drug-likeness (QED) is 0.253. The summed E-state index contributed by atoms with van der Waals surface area (Å²) in [7, 11) is 0. The third-order valence-electron chi connectivity index (χ3n) is 9.66. The smallest absolute Gasteiger partial charge is 0.410 e. The molecule has 0 spiro atoms. The van der Waals surface area contributed by atoms with Crippen LogP contribution in [0.15, 0.2) is 6.07 Å². The number of nitrogens with one attached hydrogen (secondary N) is 1. The lowest BCUT2D eigenvalue weighted by atomic mass is 9.85. The molecule has 3 fully saturated rings. The predicted octanol–water partition coefficient (Wildman–Crippen LogP) is 5.43. The standard InChI is InChI=1S/C36H62N8O6/c1-35(2,3)49-33(47)43(27-11-8-7-9-12-27)17-10-18-44(34(48)50-36(4,5)6)28-15-13-26(14-16-28)24-38-32-39-29(37)23-30(40-32)42-21-19-41(20-22-42)25-31(45)46/h23,26-28H,7-22,24-25H2,1-6H3,(H,45,46)(H3,37,38,39,40). The van der Waals surface area contributed by atoms with Gasteiger partial charge < -0.3 is 40.3 Å². The SMILES string of the molecule is CC(C)(C)OC(=O)N(CCCN(C(=O)OC(C)(C)C)C1CCC(CNc2nc(N)cc(N3CCN(CC(=O)O)CC3)n2)CC1)C1CCCCC1. The third-order valence-corrected chi connectivity index (χ3v) is 9.66. The Morgan fingerprint density at radius 1 is 0.840 bits per heavy atom. The third kappa shape index (κ3) is 12.6. The summed E-state index contributed by atoms with van der Waals surface area (Å²) in [4.78, 5) is 54.8. The van der Waals surface area contributed by atoms with E-state index < -0.39 is 17.2 Å². The van der Waals surface area contributed by atoms with Gasteiger partial charge in [0, 0.05) is 64.0 Å². The number of anilines is 3. The average molecular weight is 703 g/mol. The maximum atomic E-state index is 13.5. The zero-order chi connectivity index (χ0) is 36.5. The summed E-state index contributed by atoms with van der Waals surface area (Å²) in [5, 5.41) is 12.5. The van der Waals surface area contributed by atoms with Crippen molar-refractivity contribution >= 4 is 35.7 Å². The van der Waals surface area contributed by atoms with Gasteiger partial charge in [-0.05, 0) is 92.4 Å². The fourth-order valence-electron chi connectivity index (χ4n) is 7.21. The maximum absolute atomic E-state index is 13.5. The van der Waals surface area contributed by atoms with Crippen LogP contribution in [0.5, 0.6) is 0 Å². The molecular weight excluding hydrogens is 640 g/mol. The normalized spacial score (nSPS) is 21.0. The molecule has 1 saturated heterocycles. The Bertz CT molecular complexity index is 1260. The second kappa shape index (κ2) is 17.6. The number of nitrogens with zero attached hydrogens (tertiary/aromatic N) is 6. The molecule has 0 unspecified atom stereocenters. The first kappa shape index (κ1) is 39.2. The molecule has 282 valence electrons. The van der Waals surface area contributed by atoms with Crippen molar-refractivity contribution in [2.75, 3.05) is 68.3 Å². The Morgan fingerprint density at radius 2 is 1.38 bits per heavy atom. The predicted molar refractivity (Wildman–Crippen MR) is 194 cm³/mol. The van der Waals surface area contributed by atoms with Gasteiger partial charge in [0.25, 0.3) is 0 Å². The van der Waals surface area contributed by atoms with Crippen molar-refractivity contribution in [3.05, 3.63) is 6.07 Å². The Hall–Kier alpha value is -3.55. The summed E-state index contributed by atoms with van der Waals surface area (Å²) < 4.78 is 11.7. The highest BCUT2D eigenvalue weighted by Crippen LogP contribution is 2.30. The van der Waals surface area contributed by atoms with E-state index in [1.54, 1.807) is 6.07 Å². The monoisotopic (exact) mass is 702 g/mol. The molecule has 0 bridgehead atoms. The second-order valence-corrected chi connectivity index (χ2v) is 16.2. The first-order chi connectivity index (χ1) is 23.6. The Kier molecular flexibility index (Phi) is 13.8. The van der Waals surface area contributed by atoms with Crippen molar-refractivity contribution in [3.8, 4) is 0 Å². The Balaban J connectivity index is 1.32. The van der Waals surface area contributed by atoms with Gasteiger partial charge in [0.05, 0.1) is 6.54 Å². The van der Waals surface area contributed by atoms with Crippen molar-refractivity contribution < 1.29 is 29.0 Å². The molecule has 2 amide bonds. The fourth-order valence-corrected chi connectivity index (χ4v) is 7.21. The van der Waals surface area contributed by atoms with Crippen LogP contribution in [-0.4, -0.2) is 124 Å². The summed E-state index contributed by atoms with van der Waals surface area (Å²) in [5.74, 6) is 1.17. The van der Waals surface area contributed by atoms with Gasteiger partial charge >= 0.3 is 18.2 Å². The van der Waals surface area contributed by atoms with E-state index in [9.17, 15) is 14.4 Å². The van der Waals surface area contributed by atoms with Crippen LogP contribution in [0, 0.1) is 5.92 Å². The Morgan fingerprint density at radius 3 is 1.90 bits per heavy atom. The van der Waals surface area contributed by atoms with Crippen molar-refractivity contribution in [1.82, 2.24) is 24.7 Å². The number of carboxylic acid groups (broad SMARTS) is 1. The molecule has 4 rings (SSSR count). The lowest BCUT2D eigenvalue weighted by Crippen LogP contribution is -2.48. The molecule has 50 heavy (non-hydrogen) atoms.